The van der Waals surface area contributed by atoms with Crippen LogP contribution < -0.4 is 0 Å². The number of hydrogen-bond acceptors (Lipinski definition) is 2. The van der Waals surface area contributed by atoms with Gasteiger partial charge in [0, 0.05) is 42.3 Å². The van der Waals surface area contributed by atoms with Crippen LogP contribution in [0.2, 0.25) is 5.02 Å². The maximum absolute atomic E-state index is 6.00. The number of aromatic nitrogens is 1. The molecule has 114 valence electrons. The first-order valence-corrected chi connectivity index (χ1v) is 7.59. The van der Waals surface area contributed by atoms with Crippen LogP contribution in [0.3, 0.4) is 0 Å². The van der Waals surface area contributed by atoms with Gasteiger partial charge in [0.25, 0.3) is 0 Å². The Morgan fingerprint density at radius 3 is 2.18 bits per heavy atom. The average molecular weight is 313 g/mol. The minimum atomic E-state index is 0.748. The first kappa shape index (κ1) is 16.3. The smallest absolute Gasteiger partial charge is 0.0476 e. The number of halogens is 1. The highest BCUT2D eigenvalue weighted by Gasteiger charge is 2.13. The number of hydrogen-bond donors (Lipinski definition) is 0. The molecule has 1 aromatic carbocycles. The van der Waals surface area contributed by atoms with Gasteiger partial charge in [-0.15, -0.1) is 0 Å². The van der Waals surface area contributed by atoms with Gasteiger partial charge in [-0.1, -0.05) is 35.9 Å². The van der Waals surface area contributed by atoms with Gasteiger partial charge in [-0.05, 0) is 49.2 Å². The average Bonchev–Trinajstić information content (AvgIpc) is 2.48. The summed E-state index contributed by atoms with van der Waals surface area (Å²) >= 11 is 6.00. The first-order chi connectivity index (χ1) is 10.5. The van der Waals surface area contributed by atoms with Crippen molar-refractivity contribution in [2.24, 2.45) is 0 Å². The van der Waals surface area contributed by atoms with E-state index in [1.54, 1.807) is 0 Å². The summed E-state index contributed by atoms with van der Waals surface area (Å²) in [4.78, 5) is 6.34. The molecule has 1 heterocycles. The second kappa shape index (κ2) is 7.28. The van der Waals surface area contributed by atoms with E-state index in [2.05, 4.69) is 30.4 Å². The Balaban J connectivity index is 2.53. The van der Waals surface area contributed by atoms with Gasteiger partial charge in [0.1, 0.15) is 0 Å². The second-order valence-corrected chi connectivity index (χ2v) is 5.97. The number of nitrogens with zero attached hydrogens (tertiary/aromatic N) is 2. The van der Waals surface area contributed by atoms with Gasteiger partial charge in [0.15, 0.2) is 0 Å². The Kier molecular flexibility index (Phi) is 5.40. The maximum Gasteiger partial charge on any atom is 0.0476 e. The van der Waals surface area contributed by atoms with Gasteiger partial charge >= 0.3 is 0 Å². The Morgan fingerprint density at radius 2 is 1.64 bits per heavy atom. The van der Waals surface area contributed by atoms with Crippen molar-refractivity contribution < 1.29 is 0 Å². The van der Waals surface area contributed by atoms with Gasteiger partial charge < -0.3 is 4.90 Å². The van der Waals surface area contributed by atoms with Gasteiger partial charge in [-0.3, -0.25) is 4.98 Å². The third kappa shape index (κ3) is 3.99. The van der Waals surface area contributed by atoms with Crippen LogP contribution in [0.1, 0.15) is 25.0 Å². The fourth-order valence-electron chi connectivity index (χ4n) is 2.55. The van der Waals surface area contributed by atoms with Crippen molar-refractivity contribution in [2.75, 3.05) is 13.6 Å². The molecule has 3 heteroatoms. The molecule has 22 heavy (non-hydrogen) atoms. The van der Waals surface area contributed by atoms with E-state index in [0.717, 1.165) is 28.3 Å². The number of pyridine rings is 1. The molecule has 0 saturated carbocycles. The van der Waals surface area contributed by atoms with Crippen molar-refractivity contribution in [1.82, 2.24) is 9.88 Å². The second-order valence-electron chi connectivity index (χ2n) is 5.53. The Labute approximate surface area is 137 Å². The van der Waals surface area contributed by atoms with E-state index in [1.165, 1.54) is 11.3 Å². The van der Waals surface area contributed by atoms with E-state index in [4.69, 9.17) is 11.6 Å². The van der Waals surface area contributed by atoms with Crippen LogP contribution in [-0.2, 0) is 0 Å². The molecule has 0 bridgehead atoms. The topological polar surface area (TPSA) is 16.1 Å². The molecule has 0 spiro atoms. The summed E-state index contributed by atoms with van der Waals surface area (Å²) in [5, 5.41) is 0.748. The van der Waals surface area contributed by atoms with Gasteiger partial charge in [0.05, 0.1) is 0 Å². The molecule has 1 aromatic heterocycles. The summed E-state index contributed by atoms with van der Waals surface area (Å²) in [6.45, 7) is 9.00. The molecule has 0 amide bonds. The maximum atomic E-state index is 6.00. The molecule has 0 N–H and O–H groups in total. The lowest BCUT2D eigenvalue weighted by Crippen LogP contribution is -2.19. The summed E-state index contributed by atoms with van der Waals surface area (Å²) < 4.78 is 0. The molecule has 0 aliphatic rings. The van der Waals surface area contributed by atoms with Crippen LogP contribution in [0, 0.1) is 0 Å². The predicted octanol–water partition coefficient (Wildman–Crippen LogP) is 5.13. The lowest BCUT2D eigenvalue weighted by molar-refractivity contribution is 0.523. The SMILES string of the molecule is C=C(C)CN(C)/C(=C(\C)c1ccc(Cl)cc1)c1ccncc1. The lowest BCUT2D eigenvalue weighted by atomic mass is 10.0. The van der Waals surface area contributed by atoms with E-state index in [0.29, 0.717) is 0 Å². The van der Waals surface area contributed by atoms with Crippen LogP contribution in [-0.4, -0.2) is 23.5 Å². The number of benzene rings is 1. The molecule has 2 rings (SSSR count). The molecule has 0 atom stereocenters. The third-order valence-electron chi connectivity index (χ3n) is 3.48. The van der Waals surface area contributed by atoms with Gasteiger partial charge in [-0.25, -0.2) is 0 Å². The minimum absolute atomic E-state index is 0.748. The Bertz CT molecular complexity index is 672. The standard InChI is InChI=1S/C19H21ClN2/c1-14(2)13-22(4)19(17-9-11-21-12-10-17)15(3)16-5-7-18(20)8-6-16/h5-12H,1,13H2,2-4H3/b19-15+. The van der Waals surface area contributed by atoms with E-state index < -0.39 is 0 Å². The lowest BCUT2D eigenvalue weighted by Gasteiger charge is -2.26. The van der Waals surface area contributed by atoms with Crippen molar-refractivity contribution in [2.45, 2.75) is 13.8 Å². The molecule has 2 aromatic rings. The minimum Gasteiger partial charge on any atom is -0.370 e. The van der Waals surface area contributed by atoms with Crippen LogP contribution in [0.5, 0.6) is 0 Å². The van der Waals surface area contributed by atoms with Crippen molar-refractivity contribution in [3.63, 3.8) is 0 Å². The zero-order valence-electron chi connectivity index (χ0n) is 13.3. The number of likely N-dealkylation sites (N-methyl/N-ethyl adjacent to an activating group) is 1. The highest BCUT2D eigenvalue weighted by molar-refractivity contribution is 6.30. The quantitative estimate of drug-likeness (QED) is 0.711. The predicted molar refractivity (Wildman–Crippen MR) is 95.6 cm³/mol. The fraction of sp³-hybridized carbons (Fsp3) is 0.211. The summed E-state index contributed by atoms with van der Waals surface area (Å²) in [6.07, 6.45) is 3.64. The van der Waals surface area contributed by atoms with Crippen LogP contribution in [0.15, 0.2) is 60.9 Å². The molecule has 0 aliphatic carbocycles. The van der Waals surface area contributed by atoms with Crippen LogP contribution in [0.4, 0.5) is 0 Å². The zero-order valence-corrected chi connectivity index (χ0v) is 14.1. The highest BCUT2D eigenvalue weighted by atomic mass is 35.5. The van der Waals surface area contributed by atoms with Crippen LogP contribution >= 0.6 is 11.6 Å². The molecule has 0 fully saturated rings. The van der Waals surface area contributed by atoms with Crippen molar-refractivity contribution in [1.29, 1.82) is 0 Å². The molecule has 0 unspecified atom stereocenters. The highest BCUT2D eigenvalue weighted by Crippen LogP contribution is 2.29. The molecule has 0 radical (unpaired) electrons. The van der Waals surface area contributed by atoms with E-state index in [-0.39, 0.29) is 0 Å². The van der Waals surface area contributed by atoms with Crippen molar-refractivity contribution >= 4 is 22.9 Å². The molecule has 2 nitrogen and oxygen atoms in total. The number of allylic oxidation sites excluding steroid dienone is 1. The van der Waals surface area contributed by atoms with Crippen molar-refractivity contribution in [3.05, 3.63) is 77.1 Å². The van der Waals surface area contributed by atoms with Gasteiger partial charge in [0.2, 0.25) is 0 Å². The van der Waals surface area contributed by atoms with Gasteiger partial charge in [-0.2, -0.15) is 0 Å². The van der Waals surface area contributed by atoms with E-state index in [1.807, 2.05) is 55.7 Å². The summed E-state index contributed by atoms with van der Waals surface area (Å²) in [5.41, 5.74) is 5.80. The summed E-state index contributed by atoms with van der Waals surface area (Å²) in [5.74, 6) is 0. The normalized spacial score (nSPS) is 11.8. The monoisotopic (exact) mass is 312 g/mol. The van der Waals surface area contributed by atoms with E-state index in [9.17, 15) is 0 Å². The van der Waals surface area contributed by atoms with Crippen LogP contribution in [0.25, 0.3) is 11.3 Å². The summed E-state index contributed by atoms with van der Waals surface area (Å²) in [7, 11) is 2.09. The largest absolute Gasteiger partial charge is 0.370 e. The molecular weight excluding hydrogens is 292 g/mol. The zero-order chi connectivity index (χ0) is 16.1. The first-order valence-electron chi connectivity index (χ1n) is 7.21. The molecular formula is C19H21ClN2. The third-order valence-corrected chi connectivity index (χ3v) is 3.73. The van der Waals surface area contributed by atoms with E-state index >= 15 is 0 Å². The number of rotatable bonds is 5. The van der Waals surface area contributed by atoms with Crippen molar-refractivity contribution in [3.8, 4) is 0 Å². The Morgan fingerprint density at radius 1 is 1.05 bits per heavy atom. The fourth-order valence-corrected chi connectivity index (χ4v) is 2.68. The molecule has 0 aliphatic heterocycles. The molecule has 0 saturated heterocycles. The summed E-state index contributed by atoms with van der Waals surface area (Å²) in [6, 6.07) is 12.0. The Hall–Kier alpha value is -2.06.